The van der Waals surface area contributed by atoms with Gasteiger partial charge in [0.15, 0.2) is 5.82 Å². The first-order valence-corrected chi connectivity index (χ1v) is 5.04. The van der Waals surface area contributed by atoms with Gasteiger partial charge in [-0.3, -0.25) is 0 Å². The third kappa shape index (κ3) is 1.15. The summed E-state index contributed by atoms with van der Waals surface area (Å²) in [6.07, 6.45) is 2.96. The van der Waals surface area contributed by atoms with Crippen molar-refractivity contribution in [3.05, 3.63) is 26.4 Å². The zero-order valence-electron chi connectivity index (χ0n) is 5.74. The lowest BCUT2D eigenvalue weighted by Crippen LogP contribution is -1.83. The summed E-state index contributed by atoms with van der Waals surface area (Å²) in [5, 5.41) is 0.595. The highest BCUT2D eigenvalue weighted by molar-refractivity contribution is 14.1. The van der Waals surface area contributed by atoms with Crippen LogP contribution in [-0.4, -0.2) is 9.97 Å². The summed E-state index contributed by atoms with van der Waals surface area (Å²) < 4.78 is 14.7. The predicted molar refractivity (Wildman–Crippen MR) is 56.5 cm³/mol. The molecule has 5 heteroatoms. The molecule has 2 rings (SSSR count). The van der Waals surface area contributed by atoms with Crippen LogP contribution in [-0.2, 0) is 0 Å². The van der Waals surface area contributed by atoms with Gasteiger partial charge in [0.1, 0.15) is 4.60 Å². The average Bonchev–Trinajstić information content (AvgIpc) is 2.42. The summed E-state index contributed by atoms with van der Waals surface area (Å²) in [6, 6.07) is 0. The van der Waals surface area contributed by atoms with E-state index in [0.29, 0.717) is 15.5 Å². The maximum Gasteiger partial charge on any atom is 0.152 e. The van der Waals surface area contributed by atoms with Crippen molar-refractivity contribution in [3.8, 4) is 0 Å². The fraction of sp³-hybridized carbons (Fsp3) is 0. The second kappa shape index (κ2) is 2.95. The number of aromatic amines is 1. The highest BCUT2D eigenvalue weighted by Crippen LogP contribution is 2.26. The summed E-state index contributed by atoms with van der Waals surface area (Å²) in [6.45, 7) is 0. The number of rotatable bonds is 0. The van der Waals surface area contributed by atoms with E-state index in [1.54, 1.807) is 6.20 Å². The van der Waals surface area contributed by atoms with Crippen molar-refractivity contribution >= 4 is 49.4 Å². The number of hydrogen-bond acceptors (Lipinski definition) is 1. The molecule has 0 amide bonds. The van der Waals surface area contributed by atoms with Crippen LogP contribution in [0.1, 0.15) is 0 Å². The highest BCUT2D eigenvalue weighted by atomic mass is 127. The molecule has 0 aromatic carbocycles. The van der Waals surface area contributed by atoms with Gasteiger partial charge in [0, 0.05) is 9.77 Å². The van der Waals surface area contributed by atoms with E-state index in [-0.39, 0.29) is 5.82 Å². The van der Waals surface area contributed by atoms with Crippen LogP contribution >= 0.6 is 38.5 Å². The maximum absolute atomic E-state index is 13.2. The molecule has 0 fully saturated rings. The third-order valence-electron chi connectivity index (χ3n) is 1.57. The van der Waals surface area contributed by atoms with Crippen molar-refractivity contribution < 1.29 is 4.39 Å². The molecular weight excluding hydrogens is 338 g/mol. The number of halogens is 3. The Balaban J connectivity index is 2.98. The average molecular weight is 341 g/mol. The van der Waals surface area contributed by atoms with Gasteiger partial charge in [0.25, 0.3) is 0 Å². The molecule has 0 aliphatic heterocycles. The lowest BCUT2D eigenvalue weighted by molar-refractivity contribution is 0.633. The second-order valence-electron chi connectivity index (χ2n) is 2.28. The predicted octanol–water partition coefficient (Wildman–Crippen LogP) is 3.07. The topological polar surface area (TPSA) is 28.7 Å². The van der Waals surface area contributed by atoms with Crippen LogP contribution in [0.25, 0.3) is 10.9 Å². The lowest BCUT2D eigenvalue weighted by Gasteiger charge is -1.94. The van der Waals surface area contributed by atoms with Gasteiger partial charge >= 0.3 is 0 Å². The molecule has 62 valence electrons. The Morgan fingerprint density at radius 2 is 2.33 bits per heavy atom. The molecule has 0 atom stereocenters. The van der Waals surface area contributed by atoms with E-state index >= 15 is 0 Å². The van der Waals surface area contributed by atoms with Crippen molar-refractivity contribution in [1.29, 1.82) is 0 Å². The van der Waals surface area contributed by atoms with Crippen molar-refractivity contribution in [3.63, 3.8) is 0 Å². The number of pyridine rings is 1. The normalized spacial score (nSPS) is 10.9. The van der Waals surface area contributed by atoms with Crippen LogP contribution in [0.5, 0.6) is 0 Å². The lowest BCUT2D eigenvalue weighted by atomic mass is 10.3. The Morgan fingerprint density at radius 3 is 3.00 bits per heavy atom. The molecule has 0 radical (unpaired) electrons. The van der Waals surface area contributed by atoms with Crippen molar-refractivity contribution in [2.24, 2.45) is 0 Å². The number of nitrogens with zero attached hydrogens (tertiary/aromatic N) is 1. The standard InChI is InChI=1S/C7H3BrFIN2/c8-7-6-5(3(9)1-12-7)4(10)2-11-6/h1-2,11H. The van der Waals surface area contributed by atoms with E-state index < -0.39 is 0 Å². The zero-order valence-corrected chi connectivity index (χ0v) is 9.48. The minimum absolute atomic E-state index is 0.293. The smallest absolute Gasteiger partial charge is 0.152 e. The first-order valence-electron chi connectivity index (χ1n) is 3.16. The second-order valence-corrected chi connectivity index (χ2v) is 4.20. The fourth-order valence-electron chi connectivity index (χ4n) is 1.04. The Kier molecular flexibility index (Phi) is 2.07. The van der Waals surface area contributed by atoms with Crippen LogP contribution in [0.15, 0.2) is 17.0 Å². The molecule has 0 aliphatic carbocycles. The van der Waals surface area contributed by atoms with Crippen molar-refractivity contribution in [2.75, 3.05) is 0 Å². The molecule has 2 heterocycles. The SMILES string of the molecule is Fc1cnc(Br)c2[nH]cc(I)c12. The molecule has 2 aromatic heterocycles. The third-order valence-corrected chi connectivity index (χ3v) is 3.02. The number of H-pyrrole nitrogens is 1. The van der Waals surface area contributed by atoms with Crippen LogP contribution in [0.2, 0.25) is 0 Å². The minimum Gasteiger partial charge on any atom is -0.358 e. The molecule has 0 spiro atoms. The first kappa shape index (κ1) is 8.43. The number of nitrogens with one attached hydrogen (secondary N) is 1. The summed E-state index contributed by atoms with van der Waals surface area (Å²) in [4.78, 5) is 6.77. The molecule has 1 N–H and O–H groups in total. The number of hydrogen-bond donors (Lipinski definition) is 1. The molecule has 2 nitrogen and oxygen atoms in total. The van der Waals surface area contributed by atoms with Crippen molar-refractivity contribution in [1.82, 2.24) is 9.97 Å². The first-order chi connectivity index (χ1) is 5.70. The number of fused-ring (bicyclic) bond motifs is 1. The molecule has 2 aromatic rings. The van der Waals surface area contributed by atoms with Crippen molar-refractivity contribution in [2.45, 2.75) is 0 Å². The fourth-order valence-corrected chi connectivity index (χ4v) is 2.14. The Bertz CT molecular complexity index is 440. The van der Waals surface area contributed by atoms with Crippen LogP contribution in [0.3, 0.4) is 0 Å². The quantitative estimate of drug-likeness (QED) is 0.579. The summed E-state index contributed by atoms with van der Waals surface area (Å²) in [7, 11) is 0. The summed E-state index contributed by atoms with van der Waals surface area (Å²) >= 11 is 5.31. The Morgan fingerprint density at radius 1 is 1.58 bits per heavy atom. The van der Waals surface area contributed by atoms with E-state index in [1.807, 2.05) is 0 Å². The van der Waals surface area contributed by atoms with E-state index in [0.717, 1.165) is 3.57 Å². The largest absolute Gasteiger partial charge is 0.358 e. The molecule has 0 unspecified atom stereocenters. The number of aromatic nitrogens is 2. The molecular formula is C7H3BrFIN2. The molecule has 0 aliphatic rings. The van der Waals surface area contributed by atoms with Crippen LogP contribution in [0, 0.1) is 9.39 Å². The van der Waals surface area contributed by atoms with Crippen LogP contribution < -0.4 is 0 Å². The van der Waals surface area contributed by atoms with Gasteiger partial charge in [0.05, 0.1) is 17.1 Å². The summed E-state index contributed by atoms with van der Waals surface area (Å²) in [5.74, 6) is -0.293. The van der Waals surface area contributed by atoms with Crippen LogP contribution in [0.4, 0.5) is 4.39 Å². The van der Waals surface area contributed by atoms with E-state index in [2.05, 4.69) is 48.5 Å². The Hall–Kier alpha value is -0.170. The highest BCUT2D eigenvalue weighted by Gasteiger charge is 2.09. The molecule has 0 saturated heterocycles. The van der Waals surface area contributed by atoms with E-state index in [9.17, 15) is 4.39 Å². The van der Waals surface area contributed by atoms with Gasteiger partial charge in [0.2, 0.25) is 0 Å². The Labute approximate surface area is 89.8 Å². The summed E-state index contributed by atoms with van der Waals surface area (Å²) in [5.41, 5.74) is 0.708. The van der Waals surface area contributed by atoms with Gasteiger partial charge in [-0.2, -0.15) is 0 Å². The molecule has 0 bridgehead atoms. The van der Waals surface area contributed by atoms with Gasteiger partial charge in [-0.25, -0.2) is 9.37 Å². The maximum atomic E-state index is 13.2. The zero-order chi connectivity index (χ0) is 8.72. The van der Waals surface area contributed by atoms with Gasteiger partial charge in [-0.05, 0) is 38.5 Å². The van der Waals surface area contributed by atoms with Gasteiger partial charge < -0.3 is 4.98 Å². The van der Waals surface area contributed by atoms with Gasteiger partial charge in [-0.15, -0.1) is 0 Å². The van der Waals surface area contributed by atoms with E-state index in [4.69, 9.17) is 0 Å². The monoisotopic (exact) mass is 340 g/mol. The van der Waals surface area contributed by atoms with E-state index in [1.165, 1.54) is 6.20 Å². The minimum atomic E-state index is -0.293. The van der Waals surface area contributed by atoms with Gasteiger partial charge in [-0.1, -0.05) is 0 Å². The molecule has 0 saturated carbocycles. The molecule has 12 heavy (non-hydrogen) atoms.